The lowest BCUT2D eigenvalue weighted by Gasteiger charge is -2.15. The number of para-hydroxylation sites is 1. The highest BCUT2D eigenvalue weighted by Gasteiger charge is 2.17. The monoisotopic (exact) mass is 484 g/mol. The van der Waals surface area contributed by atoms with Crippen LogP contribution in [0.3, 0.4) is 0 Å². The smallest absolute Gasteiger partial charge is 0.203 e. The van der Waals surface area contributed by atoms with Crippen LogP contribution in [0.25, 0.3) is 11.3 Å². The van der Waals surface area contributed by atoms with Crippen LogP contribution in [0, 0.1) is 0 Å². The van der Waals surface area contributed by atoms with Crippen molar-refractivity contribution in [3.05, 3.63) is 70.3 Å². The number of nitrogens with zero attached hydrogens (tertiary/aromatic N) is 4. The van der Waals surface area contributed by atoms with Gasteiger partial charge in [0.1, 0.15) is 0 Å². The summed E-state index contributed by atoms with van der Waals surface area (Å²) in [6.45, 7) is 1.61. The van der Waals surface area contributed by atoms with Gasteiger partial charge in [0.2, 0.25) is 5.75 Å². The summed E-state index contributed by atoms with van der Waals surface area (Å²) in [6, 6.07) is 11.5. The van der Waals surface area contributed by atoms with Crippen molar-refractivity contribution >= 4 is 28.6 Å². The van der Waals surface area contributed by atoms with Crippen molar-refractivity contribution in [1.82, 2.24) is 14.1 Å². The molecule has 0 atom stereocenters. The molecule has 0 N–H and O–H groups in total. The molecule has 0 fully saturated rings. The fourth-order valence-electron chi connectivity index (χ4n) is 3.57. The van der Waals surface area contributed by atoms with Crippen molar-refractivity contribution < 1.29 is 14.2 Å². The van der Waals surface area contributed by atoms with E-state index in [-0.39, 0.29) is 0 Å². The van der Waals surface area contributed by atoms with Gasteiger partial charge in [0.25, 0.3) is 0 Å². The van der Waals surface area contributed by atoms with Gasteiger partial charge in [-0.3, -0.25) is 0 Å². The highest BCUT2D eigenvalue weighted by atomic mass is 35.5. The van der Waals surface area contributed by atoms with Gasteiger partial charge in [-0.15, -0.1) is 11.3 Å². The maximum Gasteiger partial charge on any atom is 0.203 e. The number of hydrogen-bond donors (Lipinski definition) is 0. The Morgan fingerprint density at radius 3 is 2.42 bits per heavy atom. The molecule has 0 spiro atoms. The first kappa shape index (κ1) is 22.9. The molecule has 0 aliphatic carbocycles. The minimum absolute atomic E-state index is 0.562. The molecule has 2 aromatic heterocycles. The summed E-state index contributed by atoms with van der Waals surface area (Å²) in [5.41, 5.74) is 2.69. The van der Waals surface area contributed by atoms with Crippen LogP contribution in [-0.4, -0.2) is 35.4 Å². The van der Waals surface area contributed by atoms with Crippen LogP contribution in [0.15, 0.2) is 65.5 Å². The SMILES string of the molecule is COc1cc(-c2csc(=Nc3ccccc3Cl)n2CCCn2ccnc2)cc(OC)c1OC. The van der Waals surface area contributed by atoms with Gasteiger partial charge in [-0.2, -0.15) is 0 Å². The van der Waals surface area contributed by atoms with Crippen molar-refractivity contribution in [2.45, 2.75) is 19.5 Å². The van der Waals surface area contributed by atoms with Gasteiger partial charge < -0.3 is 23.3 Å². The summed E-state index contributed by atoms with van der Waals surface area (Å²) >= 11 is 7.94. The zero-order valence-electron chi connectivity index (χ0n) is 18.7. The summed E-state index contributed by atoms with van der Waals surface area (Å²) in [6.07, 6.45) is 6.48. The maximum absolute atomic E-state index is 6.38. The van der Waals surface area contributed by atoms with Crippen molar-refractivity contribution in [3.63, 3.8) is 0 Å². The van der Waals surface area contributed by atoms with Crippen LogP contribution in [-0.2, 0) is 13.1 Å². The van der Waals surface area contributed by atoms with Gasteiger partial charge in [-0.25, -0.2) is 9.98 Å². The normalized spacial score (nSPS) is 11.6. The molecule has 7 nitrogen and oxygen atoms in total. The van der Waals surface area contributed by atoms with E-state index in [2.05, 4.69) is 19.5 Å². The number of methoxy groups -OCH3 is 3. The summed E-state index contributed by atoms with van der Waals surface area (Å²) < 4.78 is 20.9. The molecule has 0 saturated carbocycles. The van der Waals surface area contributed by atoms with Crippen LogP contribution in [0.4, 0.5) is 5.69 Å². The lowest BCUT2D eigenvalue weighted by molar-refractivity contribution is 0.324. The van der Waals surface area contributed by atoms with E-state index in [4.69, 9.17) is 30.8 Å². The number of hydrogen-bond acceptors (Lipinski definition) is 6. The maximum atomic E-state index is 6.38. The zero-order chi connectivity index (χ0) is 23.2. The molecule has 0 amide bonds. The van der Waals surface area contributed by atoms with Crippen LogP contribution in [0.1, 0.15) is 6.42 Å². The van der Waals surface area contributed by atoms with E-state index in [1.807, 2.05) is 48.9 Å². The zero-order valence-corrected chi connectivity index (χ0v) is 20.3. The average Bonchev–Trinajstić information content (AvgIpc) is 3.50. The molecule has 0 aliphatic rings. The molecular formula is C24H25ClN4O3S. The molecule has 0 radical (unpaired) electrons. The minimum atomic E-state index is 0.562. The van der Waals surface area contributed by atoms with Crippen molar-refractivity contribution in [3.8, 4) is 28.5 Å². The van der Waals surface area contributed by atoms with Crippen molar-refractivity contribution in [2.75, 3.05) is 21.3 Å². The average molecular weight is 485 g/mol. The Bertz CT molecular complexity index is 1260. The first-order chi connectivity index (χ1) is 16.1. The van der Waals surface area contributed by atoms with Crippen LogP contribution < -0.4 is 19.0 Å². The van der Waals surface area contributed by atoms with Gasteiger partial charge in [0, 0.05) is 36.4 Å². The largest absolute Gasteiger partial charge is 0.493 e. The van der Waals surface area contributed by atoms with Crippen molar-refractivity contribution in [1.29, 1.82) is 0 Å². The van der Waals surface area contributed by atoms with Crippen LogP contribution >= 0.6 is 22.9 Å². The molecule has 2 aromatic carbocycles. The highest BCUT2D eigenvalue weighted by molar-refractivity contribution is 7.07. The van der Waals surface area contributed by atoms with E-state index in [9.17, 15) is 0 Å². The van der Waals surface area contributed by atoms with E-state index in [1.165, 1.54) is 0 Å². The van der Waals surface area contributed by atoms with Crippen LogP contribution in [0.2, 0.25) is 5.02 Å². The van der Waals surface area contributed by atoms with Crippen LogP contribution in [0.5, 0.6) is 17.2 Å². The third kappa shape index (κ3) is 5.07. The van der Waals surface area contributed by atoms with E-state index in [0.29, 0.717) is 22.3 Å². The molecule has 0 unspecified atom stereocenters. The Balaban J connectivity index is 1.79. The molecule has 0 aliphatic heterocycles. The van der Waals surface area contributed by atoms with Gasteiger partial charge in [-0.1, -0.05) is 23.7 Å². The number of imidazole rings is 1. The van der Waals surface area contributed by atoms with Gasteiger partial charge >= 0.3 is 0 Å². The molecule has 172 valence electrons. The lowest BCUT2D eigenvalue weighted by Crippen LogP contribution is -2.17. The third-order valence-corrected chi connectivity index (χ3v) is 6.37. The number of aryl methyl sites for hydroxylation is 1. The summed E-state index contributed by atoms with van der Waals surface area (Å²) in [4.78, 5) is 9.85. The van der Waals surface area contributed by atoms with E-state index in [1.54, 1.807) is 38.9 Å². The topological polar surface area (TPSA) is 62.8 Å². The number of halogens is 1. The first-order valence-electron chi connectivity index (χ1n) is 10.4. The Morgan fingerprint density at radius 1 is 1.03 bits per heavy atom. The Kier molecular flexibility index (Phi) is 7.36. The fourth-order valence-corrected chi connectivity index (χ4v) is 4.70. The Hall–Kier alpha value is -3.23. The predicted octanol–water partition coefficient (Wildman–Crippen LogP) is 5.42. The van der Waals surface area contributed by atoms with Gasteiger partial charge in [0.05, 0.1) is 44.1 Å². The van der Waals surface area contributed by atoms with Crippen molar-refractivity contribution in [2.24, 2.45) is 4.99 Å². The minimum Gasteiger partial charge on any atom is -0.493 e. The molecule has 4 rings (SSSR count). The van der Waals surface area contributed by atoms with E-state index < -0.39 is 0 Å². The quantitative estimate of drug-likeness (QED) is 0.318. The number of aromatic nitrogens is 3. The molecule has 0 saturated heterocycles. The highest BCUT2D eigenvalue weighted by Crippen LogP contribution is 2.41. The van der Waals surface area contributed by atoms with Gasteiger partial charge in [-0.05, 0) is 30.7 Å². The molecule has 2 heterocycles. The second kappa shape index (κ2) is 10.6. The molecular weight excluding hydrogens is 460 g/mol. The lowest BCUT2D eigenvalue weighted by atomic mass is 10.1. The second-order valence-electron chi connectivity index (χ2n) is 7.19. The Morgan fingerprint density at radius 2 is 1.79 bits per heavy atom. The van der Waals surface area contributed by atoms with E-state index in [0.717, 1.165) is 41.3 Å². The molecule has 4 aromatic rings. The molecule has 33 heavy (non-hydrogen) atoms. The first-order valence-corrected chi connectivity index (χ1v) is 11.6. The molecule has 9 heteroatoms. The Labute approximate surface area is 201 Å². The summed E-state index contributed by atoms with van der Waals surface area (Å²) in [5.74, 6) is 1.77. The second-order valence-corrected chi connectivity index (χ2v) is 8.43. The summed E-state index contributed by atoms with van der Waals surface area (Å²) in [7, 11) is 4.83. The number of thiazole rings is 1. The number of rotatable bonds is 9. The van der Waals surface area contributed by atoms with E-state index >= 15 is 0 Å². The predicted molar refractivity (Wildman–Crippen MR) is 131 cm³/mol. The summed E-state index contributed by atoms with van der Waals surface area (Å²) in [5, 5.41) is 2.71. The number of ether oxygens (including phenoxy) is 3. The fraction of sp³-hybridized carbons (Fsp3) is 0.250. The molecule has 0 bridgehead atoms. The third-order valence-electron chi connectivity index (χ3n) is 5.18. The number of benzene rings is 2. The van der Waals surface area contributed by atoms with Gasteiger partial charge in [0.15, 0.2) is 16.3 Å². The standard InChI is InChI=1S/C24H25ClN4O3S/c1-30-21-13-17(14-22(31-2)23(21)32-3)20-15-33-24(27-19-8-5-4-7-18(19)25)29(20)11-6-10-28-12-9-26-16-28/h4-5,7-9,12-16H,6,10-11H2,1-3H3.